The van der Waals surface area contributed by atoms with Crippen LogP contribution in [0.2, 0.25) is 0 Å². The van der Waals surface area contributed by atoms with E-state index in [-0.39, 0.29) is 18.3 Å². The minimum absolute atomic E-state index is 0. The fourth-order valence-electron chi connectivity index (χ4n) is 3.58. The molecule has 1 N–H and O–H groups in total. The molecule has 0 unspecified atom stereocenters. The Morgan fingerprint density at radius 1 is 1.07 bits per heavy atom. The molecule has 4 rings (SSSR count). The summed E-state index contributed by atoms with van der Waals surface area (Å²) in [6.45, 7) is 7.75. The zero-order valence-corrected chi connectivity index (χ0v) is 17.3. The molecule has 3 heterocycles. The van der Waals surface area contributed by atoms with Crippen LogP contribution >= 0.6 is 12.4 Å². The standard InChI is InChI=1S/C22H24N4O.ClH/c1-14-7-6-8-19(16(14)3)25-20-17-10-9-15(2)24-21(17)23-13-18(20)22(27)26-11-4-5-12-26;/h6-10,13H,4-5,11-12H2,1-3H3,(H,23,24,25);1H. The number of rotatable bonds is 3. The van der Waals surface area contributed by atoms with Gasteiger partial charge in [-0.1, -0.05) is 12.1 Å². The monoisotopic (exact) mass is 396 g/mol. The Morgan fingerprint density at radius 2 is 1.82 bits per heavy atom. The topological polar surface area (TPSA) is 58.1 Å². The fraction of sp³-hybridized carbons (Fsp3) is 0.318. The highest BCUT2D eigenvalue weighted by atomic mass is 35.5. The van der Waals surface area contributed by atoms with Gasteiger partial charge in [-0.2, -0.15) is 0 Å². The number of halogens is 1. The molecule has 1 saturated heterocycles. The number of pyridine rings is 2. The SMILES string of the molecule is Cc1ccc2c(Nc3cccc(C)c3C)c(C(=O)N3CCCC3)cnc2n1.Cl. The number of nitrogens with zero attached hydrogens (tertiary/aromatic N) is 3. The first kappa shape index (κ1) is 20.1. The average Bonchev–Trinajstić information content (AvgIpc) is 3.19. The lowest BCUT2D eigenvalue weighted by Crippen LogP contribution is -2.28. The molecular weight excluding hydrogens is 372 g/mol. The molecule has 0 spiro atoms. The van der Waals surface area contributed by atoms with Crippen LogP contribution in [-0.2, 0) is 0 Å². The van der Waals surface area contributed by atoms with Crippen molar-refractivity contribution < 1.29 is 4.79 Å². The molecular formula is C22H25ClN4O. The maximum Gasteiger partial charge on any atom is 0.257 e. The van der Waals surface area contributed by atoms with Gasteiger partial charge in [-0.15, -0.1) is 12.4 Å². The molecule has 2 aromatic heterocycles. The van der Waals surface area contributed by atoms with Crippen LogP contribution in [0.3, 0.4) is 0 Å². The molecule has 1 amide bonds. The highest BCUT2D eigenvalue weighted by molar-refractivity contribution is 6.07. The van der Waals surface area contributed by atoms with E-state index in [0.29, 0.717) is 11.2 Å². The first-order valence-corrected chi connectivity index (χ1v) is 9.43. The second-order valence-electron chi connectivity index (χ2n) is 7.24. The van der Waals surface area contributed by atoms with E-state index >= 15 is 0 Å². The van der Waals surface area contributed by atoms with Crippen molar-refractivity contribution in [2.24, 2.45) is 0 Å². The Morgan fingerprint density at radius 3 is 2.57 bits per heavy atom. The van der Waals surface area contributed by atoms with Crippen LogP contribution in [-0.4, -0.2) is 33.9 Å². The molecule has 3 aromatic rings. The van der Waals surface area contributed by atoms with Gasteiger partial charge < -0.3 is 10.2 Å². The van der Waals surface area contributed by atoms with E-state index in [9.17, 15) is 4.79 Å². The summed E-state index contributed by atoms with van der Waals surface area (Å²) >= 11 is 0. The van der Waals surface area contributed by atoms with Gasteiger partial charge in [0.25, 0.3) is 5.91 Å². The number of anilines is 2. The smallest absolute Gasteiger partial charge is 0.257 e. The van der Waals surface area contributed by atoms with E-state index in [1.54, 1.807) is 6.20 Å². The Bertz CT molecular complexity index is 1030. The van der Waals surface area contributed by atoms with Crippen LogP contribution in [0.25, 0.3) is 11.0 Å². The van der Waals surface area contributed by atoms with Crippen molar-refractivity contribution in [3.63, 3.8) is 0 Å². The molecule has 0 radical (unpaired) electrons. The molecule has 146 valence electrons. The largest absolute Gasteiger partial charge is 0.354 e. The number of aromatic nitrogens is 2. The summed E-state index contributed by atoms with van der Waals surface area (Å²) < 4.78 is 0. The van der Waals surface area contributed by atoms with Crippen molar-refractivity contribution in [1.29, 1.82) is 0 Å². The molecule has 1 aromatic carbocycles. The molecule has 28 heavy (non-hydrogen) atoms. The molecule has 0 aliphatic carbocycles. The molecule has 0 saturated carbocycles. The number of likely N-dealkylation sites (tertiary alicyclic amines) is 1. The van der Waals surface area contributed by atoms with Gasteiger partial charge in [0.15, 0.2) is 5.65 Å². The van der Waals surface area contributed by atoms with Gasteiger partial charge in [-0.05, 0) is 62.9 Å². The van der Waals surface area contributed by atoms with E-state index in [2.05, 4.69) is 35.2 Å². The molecule has 1 fully saturated rings. The third kappa shape index (κ3) is 3.67. The van der Waals surface area contributed by atoms with Gasteiger partial charge >= 0.3 is 0 Å². The maximum atomic E-state index is 13.1. The lowest BCUT2D eigenvalue weighted by Gasteiger charge is -2.20. The zero-order valence-electron chi connectivity index (χ0n) is 16.5. The van der Waals surface area contributed by atoms with Gasteiger partial charge in [0.2, 0.25) is 0 Å². The predicted octanol–water partition coefficient (Wildman–Crippen LogP) is 4.96. The van der Waals surface area contributed by atoms with Crippen molar-refractivity contribution in [2.75, 3.05) is 18.4 Å². The number of benzene rings is 1. The number of nitrogens with one attached hydrogen (secondary N) is 1. The van der Waals surface area contributed by atoms with Crippen molar-refractivity contribution in [3.05, 3.63) is 58.9 Å². The van der Waals surface area contributed by atoms with Crippen molar-refractivity contribution in [3.8, 4) is 0 Å². The Balaban J connectivity index is 0.00000225. The van der Waals surface area contributed by atoms with E-state index in [0.717, 1.165) is 48.4 Å². The van der Waals surface area contributed by atoms with Crippen LogP contribution in [0.1, 0.15) is 40.0 Å². The number of amides is 1. The third-order valence-corrected chi connectivity index (χ3v) is 5.36. The molecule has 5 nitrogen and oxygen atoms in total. The summed E-state index contributed by atoms with van der Waals surface area (Å²) in [7, 11) is 0. The number of carbonyl (C=O) groups is 1. The highest BCUT2D eigenvalue weighted by Gasteiger charge is 2.24. The number of carbonyl (C=O) groups excluding carboxylic acids is 1. The normalized spacial score (nSPS) is 13.5. The summed E-state index contributed by atoms with van der Waals surface area (Å²) in [4.78, 5) is 24.1. The van der Waals surface area contributed by atoms with Gasteiger partial charge in [0, 0.05) is 36.1 Å². The predicted molar refractivity (Wildman–Crippen MR) is 116 cm³/mol. The van der Waals surface area contributed by atoms with Crippen molar-refractivity contribution in [2.45, 2.75) is 33.6 Å². The van der Waals surface area contributed by atoms with Crippen molar-refractivity contribution >= 4 is 40.7 Å². The van der Waals surface area contributed by atoms with Crippen LogP contribution in [0.4, 0.5) is 11.4 Å². The fourth-order valence-corrected chi connectivity index (χ4v) is 3.58. The lowest BCUT2D eigenvalue weighted by molar-refractivity contribution is 0.0793. The summed E-state index contributed by atoms with van der Waals surface area (Å²) in [6.07, 6.45) is 3.80. The Labute approximate surface area is 171 Å². The maximum absolute atomic E-state index is 13.1. The van der Waals surface area contributed by atoms with Gasteiger partial charge in [0.05, 0.1) is 11.3 Å². The Hall–Kier alpha value is -2.66. The van der Waals surface area contributed by atoms with E-state index in [1.807, 2.05) is 36.1 Å². The number of hydrogen-bond donors (Lipinski definition) is 1. The van der Waals surface area contributed by atoms with Gasteiger partial charge in [-0.3, -0.25) is 4.79 Å². The molecule has 6 heteroatoms. The second-order valence-corrected chi connectivity index (χ2v) is 7.24. The minimum Gasteiger partial charge on any atom is -0.354 e. The first-order chi connectivity index (χ1) is 13.0. The lowest BCUT2D eigenvalue weighted by atomic mass is 10.1. The van der Waals surface area contributed by atoms with Crippen LogP contribution in [0.5, 0.6) is 0 Å². The molecule has 0 bridgehead atoms. The third-order valence-electron chi connectivity index (χ3n) is 5.36. The number of hydrogen-bond acceptors (Lipinski definition) is 4. The quantitative estimate of drug-likeness (QED) is 0.680. The van der Waals surface area contributed by atoms with E-state index in [4.69, 9.17) is 0 Å². The van der Waals surface area contributed by atoms with Crippen LogP contribution in [0.15, 0.2) is 36.5 Å². The summed E-state index contributed by atoms with van der Waals surface area (Å²) in [5.74, 6) is 0.0373. The number of aryl methyl sites for hydroxylation is 2. The second kappa shape index (κ2) is 8.15. The average molecular weight is 397 g/mol. The summed E-state index contributed by atoms with van der Waals surface area (Å²) in [6, 6.07) is 10.1. The van der Waals surface area contributed by atoms with E-state index < -0.39 is 0 Å². The summed E-state index contributed by atoms with van der Waals surface area (Å²) in [5, 5.41) is 4.39. The Kier molecular flexibility index (Phi) is 5.84. The number of fused-ring (bicyclic) bond motifs is 1. The van der Waals surface area contributed by atoms with Crippen molar-refractivity contribution in [1.82, 2.24) is 14.9 Å². The van der Waals surface area contributed by atoms with Gasteiger partial charge in [0.1, 0.15) is 0 Å². The minimum atomic E-state index is 0. The van der Waals surface area contributed by atoms with Crippen LogP contribution in [0, 0.1) is 20.8 Å². The van der Waals surface area contributed by atoms with Gasteiger partial charge in [-0.25, -0.2) is 9.97 Å². The molecule has 0 atom stereocenters. The van der Waals surface area contributed by atoms with E-state index in [1.165, 1.54) is 11.1 Å². The summed E-state index contributed by atoms with van der Waals surface area (Å²) in [5.41, 5.74) is 6.33. The van der Waals surface area contributed by atoms with Crippen LogP contribution < -0.4 is 5.32 Å². The molecule has 1 aliphatic heterocycles. The first-order valence-electron chi connectivity index (χ1n) is 9.43. The zero-order chi connectivity index (χ0) is 19.0. The molecule has 1 aliphatic rings. The highest BCUT2D eigenvalue weighted by Crippen LogP contribution is 2.32.